The summed E-state index contributed by atoms with van der Waals surface area (Å²) in [5.41, 5.74) is 1.17. The van der Waals surface area contributed by atoms with Crippen molar-refractivity contribution in [2.45, 2.75) is 18.8 Å². The molecular formula is C21H22O8. The van der Waals surface area contributed by atoms with Gasteiger partial charge in [0.1, 0.15) is 12.5 Å². The van der Waals surface area contributed by atoms with Crippen molar-refractivity contribution in [3.8, 4) is 0 Å². The van der Waals surface area contributed by atoms with Gasteiger partial charge >= 0.3 is 23.9 Å². The van der Waals surface area contributed by atoms with Gasteiger partial charge in [-0.1, -0.05) is 42.0 Å². The van der Waals surface area contributed by atoms with E-state index in [4.69, 9.17) is 4.74 Å². The molecule has 2 unspecified atom stereocenters. The van der Waals surface area contributed by atoms with Gasteiger partial charge in [-0.05, 0) is 23.8 Å². The molecule has 0 aromatic heterocycles. The molecule has 1 aromatic rings. The van der Waals surface area contributed by atoms with Gasteiger partial charge in [0.2, 0.25) is 0 Å². The smallest absolute Gasteiger partial charge is 0.314 e. The number of ether oxygens (including phenoxy) is 2. The van der Waals surface area contributed by atoms with Gasteiger partial charge in [-0.25, -0.2) is 0 Å². The third-order valence-corrected chi connectivity index (χ3v) is 5.74. The van der Waals surface area contributed by atoms with Crippen LogP contribution in [0.2, 0.25) is 0 Å². The Hall–Kier alpha value is -3.16. The van der Waals surface area contributed by atoms with Gasteiger partial charge in [0.25, 0.3) is 0 Å². The van der Waals surface area contributed by atoms with Crippen molar-refractivity contribution in [3.05, 3.63) is 47.5 Å². The van der Waals surface area contributed by atoms with Crippen LogP contribution in [0.1, 0.15) is 24.3 Å². The molecular weight excluding hydrogens is 380 g/mol. The van der Waals surface area contributed by atoms with Crippen LogP contribution in [-0.4, -0.2) is 47.8 Å². The minimum Gasteiger partial charge on any atom is -0.481 e. The summed E-state index contributed by atoms with van der Waals surface area (Å²) in [5, 5.41) is 19.1. The maximum atomic E-state index is 12.8. The van der Waals surface area contributed by atoms with Gasteiger partial charge in [0, 0.05) is 0 Å². The van der Waals surface area contributed by atoms with E-state index in [1.54, 1.807) is 36.4 Å². The molecule has 1 saturated carbocycles. The lowest BCUT2D eigenvalue weighted by Gasteiger charge is -2.27. The Kier molecular flexibility index (Phi) is 6.00. The monoisotopic (exact) mass is 402 g/mol. The quantitative estimate of drug-likeness (QED) is 0.498. The molecule has 0 aliphatic heterocycles. The highest BCUT2D eigenvalue weighted by molar-refractivity contribution is 5.85. The lowest BCUT2D eigenvalue weighted by molar-refractivity contribution is -0.160. The largest absolute Gasteiger partial charge is 0.481 e. The maximum Gasteiger partial charge on any atom is 0.314 e. The van der Waals surface area contributed by atoms with Crippen molar-refractivity contribution in [1.82, 2.24) is 0 Å². The Bertz CT molecular complexity index is 843. The number of aliphatic carboxylic acids is 2. The molecule has 0 radical (unpaired) electrons. The zero-order valence-electron chi connectivity index (χ0n) is 15.8. The van der Waals surface area contributed by atoms with E-state index in [9.17, 15) is 29.4 Å². The molecule has 3 rings (SSSR count). The number of carboxylic acid groups (broad SMARTS) is 2. The molecule has 2 aliphatic rings. The second-order valence-electron chi connectivity index (χ2n) is 7.32. The van der Waals surface area contributed by atoms with Crippen LogP contribution in [0, 0.1) is 23.7 Å². The second kappa shape index (κ2) is 8.46. The molecule has 0 amide bonds. The zero-order chi connectivity index (χ0) is 21.1. The molecule has 8 nitrogen and oxygen atoms in total. The average molecular weight is 402 g/mol. The fourth-order valence-electron chi connectivity index (χ4n) is 4.39. The van der Waals surface area contributed by atoms with E-state index in [-0.39, 0.29) is 12.3 Å². The number of benzene rings is 1. The van der Waals surface area contributed by atoms with E-state index >= 15 is 0 Å². The van der Waals surface area contributed by atoms with Gasteiger partial charge in [0.15, 0.2) is 0 Å². The minimum atomic E-state index is -1.14. The Morgan fingerprint density at radius 3 is 2.38 bits per heavy atom. The molecule has 8 heteroatoms. The van der Waals surface area contributed by atoms with Gasteiger partial charge < -0.3 is 19.7 Å². The highest BCUT2D eigenvalue weighted by atomic mass is 16.5. The maximum absolute atomic E-state index is 12.8. The number of esters is 2. The first-order valence-electron chi connectivity index (χ1n) is 9.28. The molecule has 29 heavy (non-hydrogen) atoms. The predicted octanol–water partition coefficient (Wildman–Crippen LogP) is 1.85. The number of carboxylic acids is 2. The topological polar surface area (TPSA) is 127 Å². The number of carbonyl (C=O) groups is 4. The van der Waals surface area contributed by atoms with Crippen LogP contribution >= 0.6 is 0 Å². The highest BCUT2D eigenvalue weighted by Gasteiger charge is 2.55. The first-order chi connectivity index (χ1) is 13.8. The number of rotatable bonds is 8. The summed E-state index contributed by atoms with van der Waals surface area (Å²) >= 11 is 0. The lowest BCUT2D eigenvalue weighted by Crippen LogP contribution is -2.36. The summed E-state index contributed by atoms with van der Waals surface area (Å²) in [5.74, 6) is -7.19. The molecule has 5 atom stereocenters. The summed E-state index contributed by atoms with van der Waals surface area (Å²) in [6.07, 6.45) is 2.19. The highest BCUT2D eigenvalue weighted by Crippen LogP contribution is 2.53. The molecule has 154 valence electrons. The molecule has 1 fully saturated rings. The third-order valence-electron chi connectivity index (χ3n) is 5.74. The Morgan fingerprint density at radius 2 is 1.79 bits per heavy atom. The fourth-order valence-corrected chi connectivity index (χ4v) is 4.39. The van der Waals surface area contributed by atoms with E-state index in [0.29, 0.717) is 17.6 Å². The molecule has 2 N–H and O–H groups in total. The van der Waals surface area contributed by atoms with E-state index < -0.39 is 54.2 Å². The third kappa shape index (κ3) is 4.16. The van der Waals surface area contributed by atoms with Gasteiger partial charge in [-0.2, -0.15) is 0 Å². The van der Waals surface area contributed by atoms with Crippen LogP contribution in [0.3, 0.4) is 0 Å². The van der Waals surface area contributed by atoms with Gasteiger partial charge in [-0.15, -0.1) is 0 Å². The summed E-state index contributed by atoms with van der Waals surface area (Å²) in [6.45, 7) is -0.394. The second-order valence-corrected chi connectivity index (χ2v) is 7.32. The molecule has 0 saturated heterocycles. The van der Waals surface area contributed by atoms with Crippen LogP contribution in [-0.2, 0) is 28.7 Å². The van der Waals surface area contributed by atoms with Crippen LogP contribution in [0.5, 0.6) is 0 Å². The van der Waals surface area contributed by atoms with Gasteiger partial charge in [0.05, 0.1) is 25.4 Å². The number of carbonyl (C=O) groups excluding carboxylic acids is 2. The predicted molar refractivity (Wildman–Crippen MR) is 98.7 cm³/mol. The van der Waals surface area contributed by atoms with Crippen molar-refractivity contribution >= 4 is 23.9 Å². The summed E-state index contributed by atoms with van der Waals surface area (Å²) in [7, 11) is 1.26. The van der Waals surface area contributed by atoms with Crippen LogP contribution in [0.25, 0.3) is 0 Å². The fraction of sp³-hybridized carbons (Fsp3) is 0.429. The minimum absolute atomic E-state index is 0.00441. The Labute approximate surface area is 167 Å². The summed E-state index contributed by atoms with van der Waals surface area (Å²) < 4.78 is 9.96. The van der Waals surface area contributed by atoms with E-state index in [0.717, 1.165) is 0 Å². The van der Waals surface area contributed by atoms with Crippen molar-refractivity contribution in [3.63, 3.8) is 0 Å². The normalized spacial score (nSPS) is 25.8. The molecule has 2 aliphatic carbocycles. The zero-order valence-corrected chi connectivity index (χ0v) is 15.8. The average Bonchev–Trinajstić information content (AvgIpc) is 3.26. The lowest BCUT2D eigenvalue weighted by atomic mass is 9.78. The van der Waals surface area contributed by atoms with Crippen molar-refractivity contribution in [2.24, 2.45) is 23.7 Å². The van der Waals surface area contributed by atoms with Crippen molar-refractivity contribution < 1.29 is 38.9 Å². The first-order valence-corrected chi connectivity index (χ1v) is 9.28. The molecule has 0 spiro atoms. The Morgan fingerprint density at radius 1 is 1.10 bits per heavy atom. The van der Waals surface area contributed by atoms with Crippen molar-refractivity contribution in [1.29, 1.82) is 0 Å². The van der Waals surface area contributed by atoms with E-state index in [2.05, 4.69) is 4.74 Å². The van der Waals surface area contributed by atoms with Crippen LogP contribution in [0.4, 0.5) is 0 Å². The van der Waals surface area contributed by atoms with E-state index in [1.807, 2.05) is 0 Å². The SMILES string of the molecule is COC(=O)CC1=CC2CC1[C@@H](C(=O)OC[C@@H](C(=O)O)c1ccccc1)[C@H]2C(=O)O. The number of allylic oxidation sites excluding steroid dienone is 1. The van der Waals surface area contributed by atoms with Crippen molar-refractivity contribution in [2.75, 3.05) is 13.7 Å². The molecule has 2 bridgehead atoms. The number of fused-ring (bicyclic) bond motifs is 2. The summed E-state index contributed by atoms with van der Waals surface area (Å²) in [6, 6.07) is 8.37. The van der Waals surface area contributed by atoms with Crippen LogP contribution < -0.4 is 0 Å². The first kappa shape index (κ1) is 20.6. The number of methoxy groups -OCH3 is 1. The molecule has 0 heterocycles. The van der Waals surface area contributed by atoms with Gasteiger partial charge in [-0.3, -0.25) is 19.2 Å². The Balaban J connectivity index is 1.74. The standard InChI is InChI=1S/C21H22O8/c1-28-16(22)9-12-7-13-8-14(12)18(17(13)20(25)26)21(27)29-10-15(19(23)24)11-5-3-2-4-6-11/h2-7,13-15,17-18H,8-10H2,1H3,(H,23,24)(H,25,26)/t13?,14?,15-,17+,18-/m1/s1. The van der Waals surface area contributed by atoms with E-state index in [1.165, 1.54) is 7.11 Å². The van der Waals surface area contributed by atoms with Crippen LogP contribution in [0.15, 0.2) is 42.0 Å². The number of hydrogen-bond donors (Lipinski definition) is 2. The number of hydrogen-bond acceptors (Lipinski definition) is 6. The molecule has 1 aromatic carbocycles. The summed E-state index contributed by atoms with van der Waals surface area (Å²) in [4.78, 5) is 47.7.